The lowest BCUT2D eigenvalue weighted by molar-refractivity contribution is -0.139. The molecule has 0 aliphatic heterocycles. The fourth-order valence-electron chi connectivity index (χ4n) is 2.73. The predicted molar refractivity (Wildman–Crippen MR) is 86.9 cm³/mol. The van der Waals surface area contributed by atoms with E-state index in [0.717, 1.165) is 12.8 Å². The molecule has 2 aromatic rings. The molecule has 2 N–H and O–H groups in total. The molecule has 1 unspecified atom stereocenters. The number of carboxylic acid groups (broad SMARTS) is 1. The number of carbonyl (C=O) groups is 2. The summed E-state index contributed by atoms with van der Waals surface area (Å²) >= 11 is 0. The van der Waals surface area contributed by atoms with Crippen LogP contribution in [0.1, 0.15) is 60.8 Å². The van der Waals surface area contributed by atoms with Crippen LogP contribution in [0.15, 0.2) is 10.6 Å². The summed E-state index contributed by atoms with van der Waals surface area (Å²) in [5.41, 5.74) is 1.94. The van der Waals surface area contributed by atoms with Crippen LogP contribution in [0.3, 0.4) is 0 Å². The van der Waals surface area contributed by atoms with Crippen LogP contribution in [0.5, 0.6) is 0 Å². The summed E-state index contributed by atoms with van der Waals surface area (Å²) in [5, 5.41) is 16.4. The highest BCUT2D eigenvalue weighted by molar-refractivity contribution is 6.07. The maximum Gasteiger partial charge on any atom is 0.326 e. The van der Waals surface area contributed by atoms with E-state index in [-0.39, 0.29) is 5.92 Å². The second kappa shape index (κ2) is 6.22. The molecule has 7 nitrogen and oxygen atoms in total. The van der Waals surface area contributed by atoms with Crippen molar-refractivity contribution in [1.29, 1.82) is 0 Å². The zero-order chi connectivity index (χ0) is 17.4. The highest BCUT2D eigenvalue weighted by atomic mass is 16.5. The summed E-state index contributed by atoms with van der Waals surface area (Å²) in [6.07, 6.45) is 2.53. The van der Waals surface area contributed by atoms with Gasteiger partial charge in [-0.05, 0) is 31.2 Å². The number of nitrogens with one attached hydrogen (secondary N) is 1. The van der Waals surface area contributed by atoms with Gasteiger partial charge in [-0.1, -0.05) is 31.8 Å². The molecule has 2 aromatic heterocycles. The Bertz CT molecular complexity index is 792. The second-order valence-electron chi connectivity index (χ2n) is 6.74. The maximum absolute atomic E-state index is 12.7. The molecule has 0 spiro atoms. The molecule has 1 atom stereocenters. The Balaban J connectivity index is 1.95. The number of pyridine rings is 1. The number of aromatic nitrogens is 2. The Morgan fingerprint density at radius 2 is 2.12 bits per heavy atom. The van der Waals surface area contributed by atoms with Crippen LogP contribution in [-0.4, -0.2) is 33.2 Å². The number of amides is 1. The van der Waals surface area contributed by atoms with Crippen molar-refractivity contribution in [3.8, 4) is 0 Å². The SMILES string of the molecule is Cc1noc2nc(C(C)C)cc(C(=O)NC(CC3CC3)C(=O)O)c12. The lowest BCUT2D eigenvalue weighted by atomic mass is 10.0. The minimum absolute atomic E-state index is 0.105. The summed E-state index contributed by atoms with van der Waals surface area (Å²) in [6.45, 7) is 5.66. The molecule has 1 aliphatic carbocycles. The van der Waals surface area contributed by atoms with E-state index in [0.29, 0.717) is 40.4 Å². The predicted octanol–water partition coefficient (Wildman–Crippen LogP) is 2.64. The van der Waals surface area contributed by atoms with Crippen molar-refractivity contribution in [2.24, 2.45) is 5.92 Å². The Morgan fingerprint density at radius 3 is 2.71 bits per heavy atom. The number of aryl methyl sites for hydroxylation is 1. The van der Waals surface area contributed by atoms with Gasteiger partial charge in [0.05, 0.1) is 16.6 Å². The molecule has 1 aliphatic rings. The first-order chi connectivity index (χ1) is 11.4. The quantitative estimate of drug-likeness (QED) is 0.843. The van der Waals surface area contributed by atoms with Crippen molar-refractivity contribution in [1.82, 2.24) is 15.5 Å². The molecular weight excluding hydrogens is 310 g/mol. The summed E-state index contributed by atoms with van der Waals surface area (Å²) in [4.78, 5) is 28.5. The number of nitrogens with zero attached hydrogens (tertiary/aromatic N) is 2. The zero-order valence-corrected chi connectivity index (χ0v) is 14.0. The number of aliphatic carboxylic acids is 1. The third kappa shape index (κ3) is 3.25. The monoisotopic (exact) mass is 331 g/mol. The normalized spacial score (nSPS) is 15.7. The van der Waals surface area contributed by atoms with Crippen LogP contribution in [0.25, 0.3) is 11.1 Å². The van der Waals surface area contributed by atoms with E-state index in [2.05, 4.69) is 15.5 Å². The lowest BCUT2D eigenvalue weighted by Gasteiger charge is -2.15. The summed E-state index contributed by atoms with van der Waals surface area (Å²) in [5.74, 6) is -0.934. The van der Waals surface area contributed by atoms with Crippen LogP contribution < -0.4 is 5.32 Å². The molecule has 1 saturated carbocycles. The van der Waals surface area contributed by atoms with Gasteiger partial charge in [0.1, 0.15) is 6.04 Å². The Hall–Kier alpha value is -2.44. The van der Waals surface area contributed by atoms with E-state index in [1.165, 1.54) is 0 Å². The van der Waals surface area contributed by atoms with E-state index in [1.54, 1.807) is 13.0 Å². The van der Waals surface area contributed by atoms with Crippen molar-refractivity contribution in [2.45, 2.75) is 52.0 Å². The van der Waals surface area contributed by atoms with Crippen LogP contribution >= 0.6 is 0 Å². The third-order valence-electron chi connectivity index (χ3n) is 4.34. The van der Waals surface area contributed by atoms with Crippen LogP contribution in [0.4, 0.5) is 0 Å². The number of hydrogen-bond donors (Lipinski definition) is 2. The van der Waals surface area contributed by atoms with Gasteiger partial charge in [-0.15, -0.1) is 0 Å². The molecule has 0 saturated heterocycles. The number of carboxylic acids is 1. The van der Waals surface area contributed by atoms with Crippen molar-refractivity contribution in [3.05, 3.63) is 23.0 Å². The zero-order valence-electron chi connectivity index (χ0n) is 14.0. The van der Waals surface area contributed by atoms with E-state index in [4.69, 9.17) is 4.52 Å². The average molecular weight is 331 g/mol. The van der Waals surface area contributed by atoms with Crippen molar-refractivity contribution in [3.63, 3.8) is 0 Å². The minimum atomic E-state index is -1.01. The topological polar surface area (TPSA) is 105 Å². The van der Waals surface area contributed by atoms with Crippen LogP contribution in [0, 0.1) is 12.8 Å². The summed E-state index contributed by atoms with van der Waals surface area (Å²) in [6, 6.07) is 0.818. The first-order valence-electron chi connectivity index (χ1n) is 8.17. The van der Waals surface area contributed by atoms with Gasteiger partial charge in [0, 0.05) is 5.69 Å². The van der Waals surface area contributed by atoms with Crippen LogP contribution in [-0.2, 0) is 4.79 Å². The van der Waals surface area contributed by atoms with Gasteiger partial charge in [0.25, 0.3) is 11.6 Å². The molecule has 0 bridgehead atoms. The first-order valence-corrected chi connectivity index (χ1v) is 8.17. The second-order valence-corrected chi connectivity index (χ2v) is 6.74. The molecule has 2 heterocycles. The van der Waals surface area contributed by atoms with E-state index in [9.17, 15) is 14.7 Å². The smallest absolute Gasteiger partial charge is 0.326 e. The minimum Gasteiger partial charge on any atom is -0.480 e. The highest BCUT2D eigenvalue weighted by Crippen LogP contribution is 2.33. The van der Waals surface area contributed by atoms with Gasteiger partial charge in [0.2, 0.25) is 0 Å². The van der Waals surface area contributed by atoms with Crippen molar-refractivity contribution >= 4 is 23.0 Å². The lowest BCUT2D eigenvalue weighted by Crippen LogP contribution is -2.41. The molecule has 7 heteroatoms. The molecule has 1 fully saturated rings. The molecule has 3 rings (SSSR count). The molecule has 24 heavy (non-hydrogen) atoms. The molecule has 0 radical (unpaired) electrons. The summed E-state index contributed by atoms with van der Waals surface area (Å²) < 4.78 is 5.20. The van der Waals surface area contributed by atoms with Gasteiger partial charge in [0.15, 0.2) is 0 Å². The molecule has 1 amide bonds. The summed E-state index contributed by atoms with van der Waals surface area (Å²) in [7, 11) is 0. The van der Waals surface area contributed by atoms with Gasteiger partial charge >= 0.3 is 5.97 Å². The standard InChI is InChI=1S/C17H21N3O4/c1-8(2)12-7-11(14-9(3)20-24-16(14)19-12)15(21)18-13(17(22)23)6-10-4-5-10/h7-8,10,13H,4-6H2,1-3H3,(H,18,21)(H,22,23). The van der Waals surface area contributed by atoms with Gasteiger partial charge < -0.3 is 14.9 Å². The van der Waals surface area contributed by atoms with Gasteiger partial charge in [-0.25, -0.2) is 9.78 Å². The maximum atomic E-state index is 12.7. The van der Waals surface area contributed by atoms with Crippen molar-refractivity contribution < 1.29 is 19.2 Å². The molecular formula is C17H21N3O4. The number of rotatable bonds is 6. The highest BCUT2D eigenvalue weighted by Gasteiger charge is 2.31. The number of hydrogen-bond acceptors (Lipinski definition) is 5. The fourth-order valence-corrected chi connectivity index (χ4v) is 2.73. The van der Waals surface area contributed by atoms with Gasteiger partial charge in [-0.2, -0.15) is 0 Å². The Morgan fingerprint density at radius 1 is 1.42 bits per heavy atom. The number of fused-ring (bicyclic) bond motifs is 1. The molecule has 128 valence electrons. The van der Waals surface area contributed by atoms with Crippen LogP contribution in [0.2, 0.25) is 0 Å². The average Bonchev–Trinajstić information content (AvgIpc) is 3.27. The molecule has 0 aromatic carbocycles. The van der Waals surface area contributed by atoms with E-state index >= 15 is 0 Å². The first kappa shape index (κ1) is 16.4. The van der Waals surface area contributed by atoms with Gasteiger partial charge in [-0.3, -0.25) is 4.79 Å². The fraction of sp³-hybridized carbons (Fsp3) is 0.529. The number of carbonyl (C=O) groups excluding carboxylic acids is 1. The largest absolute Gasteiger partial charge is 0.480 e. The van der Waals surface area contributed by atoms with E-state index in [1.807, 2.05) is 13.8 Å². The van der Waals surface area contributed by atoms with E-state index < -0.39 is 17.9 Å². The van der Waals surface area contributed by atoms with Crippen molar-refractivity contribution in [2.75, 3.05) is 0 Å². The third-order valence-corrected chi connectivity index (χ3v) is 4.34. The Kier molecular flexibility index (Phi) is 4.26. The Labute approximate surface area is 139 Å².